The van der Waals surface area contributed by atoms with E-state index in [1.54, 1.807) is 32.2 Å². The number of ether oxygens (including phenoxy) is 3. The van der Waals surface area contributed by atoms with Gasteiger partial charge in [0.15, 0.2) is 5.78 Å². The first-order valence-corrected chi connectivity index (χ1v) is 14.3. The lowest BCUT2D eigenvalue weighted by Gasteiger charge is -2.18. The van der Waals surface area contributed by atoms with Crippen molar-refractivity contribution in [3.8, 4) is 23.0 Å². The maximum Gasteiger partial charge on any atom is 0.295 e. The number of aliphatic hydroxyl groups is 1. The van der Waals surface area contributed by atoms with Crippen LogP contribution in [0.4, 0.5) is 5.69 Å². The molecule has 13 heteroatoms. The van der Waals surface area contributed by atoms with Gasteiger partial charge in [-0.25, -0.2) is 4.68 Å². The average molecular weight is 624 g/mol. The van der Waals surface area contributed by atoms with Gasteiger partial charge in [0.1, 0.15) is 42.3 Å². The van der Waals surface area contributed by atoms with E-state index in [2.05, 4.69) is 20.8 Å². The molecule has 0 aliphatic carbocycles. The number of carbonyl (C=O) groups excluding carboxylic acids is 2. The summed E-state index contributed by atoms with van der Waals surface area (Å²) in [5, 5.41) is 35.7. The number of methoxy groups -OCH3 is 1. The molecule has 3 N–H and O–H groups in total. The molecule has 0 spiro atoms. The zero-order valence-corrected chi connectivity index (χ0v) is 25.6. The van der Waals surface area contributed by atoms with Crippen LogP contribution in [0.1, 0.15) is 57.9 Å². The van der Waals surface area contributed by atoms with Gasteiger partial charge in [-0.05, 0) is 72.2 Å². The first-order valence-electron chi connectivity index (χ1n) is 13.9. The predicted molar refractivity (Wildman–Crippen MR) is 163 cm³/mol. The standard InChI is InChI=1S/C31H34ClN5O7/c1-5-6-24-27(12-11-23(19(3)38)29(24)40)43-16-21(39)17-44-28-14-26(18(2)13-25(28)32)33-31(41)30-34-35-36-37(30)15-20-7-9-22(42-4)10-8-20/h7-14,21,39-40H,5-6,15-17H2,1-4H3,(H,33,41). The highest BCUT2D eigenvalue weighted by molar-refractivity contribution is 6.32. The summed E-state index contributed by atoms with van der Waals surface area (Å²) in [5.74, 6) is 0.434. The average Bonchev–Trinajstić information content (AvgIpc) is 3.46. The Morgan fingerprint density at radius 1 is 1.07 bits per heavy atom. The lowest BCUT2D eigenvalue weighted by Crippen LogP contribution is -2.25. The number of carbonyl (C=O) groups is 2. The number of amides is 1. The summed E-state index contributed by atoms with van der Waals surface area (Å²) in [6.45, 7) is 5.06. The number of nitrogens with one attached hydrogen (secondary N) is 1. The molecule has 1 atom stereocenters. The molecule has 0 aliphatic rings. The first kappa shape index (κ1) is 32.2. The third-order valence-electron chi connectivity index (χ3n) is 6.73. The number of aliphatic hydroxyl groups excluding tert-OH is 1. The van der Waals surface area contributed by atoms with Gasteiger partial charge in [-0.2, -0.15) is 0 Å². The van der Waals surface area contributed by atoms with Crippen LogP contribution in [-0.2, 0) is 13.0 Å². The van der Waals surface area contributed by atoms with Crippen LogP contribution in [0.2, 0.25) is 5.02 Å². The summed E-state index contributed by atoms with van der Waals surface area (Å²) in [6, 6.07) is 13.6. The van der Waals surface area contributed by atoms with Gasteiger partial charge in [0.2, 0.25) is 5.82 Å². The molecule has 0 aliphatic heterocycles. The van der Waals surface area contributed by atoms with Gasteiger partial charge in [-0.1, -0.05) is 37.1 Å². The van der Waals surface area contributed by atoms with Crippen LogP contribution < -0.4 is 19.5 Å². The van der Waals surface area contributed by atoms with Crippen LogP contribution >= 0.6 is 11.6 Å². The maximum absolute atomic E-state index is 13.1. The second-order valence-corrected chi connectivity index (χ2v) is 10.5. The number of hydrogen-bond acceptors (Lipinski definition) is 10. The number of nitrogens with zero attached hydrogens (tertiary/aromatic N) is 4. The number of ketones is 1. The monoisotopic (exact) mass is 623 g/mol. The lowest BCUT2D eigenvalue weighted by molar-refractivity contribution is 0.0622. The van der Waals surface area contributed by atoms with Crippen LogP contribution in [0, 0.1) is 6.92 Å². The van der Waals surface area contributed by atoms with E-state index in [1.165, 1.54) is 17.7 Å². The van der Waals surface area contributed by atoms with Crippen LogP contribution in [-0.4, -0.2) is 68.5 Å². The molecule has 0 saturated carbocycles. The Morgan fingerprint density at radius 2 is 1.77 bits per heavy atom. The maximum atomic E-state index is 13.1. The molecule has 1 aromatic heterocycles. The molecule has 1 unspecified atom stereocenters. The second-order valence-electron chi connectivity index (χ2n) is 10.1. The fraction of sp³-hybridized carbons (Fsp3) is 0.323. The van der Waals surface area contributed by atoms with E-state index in [4.69, 9.17) is 25.8 Å². The van der Waals surface area contributed by atoms with E-state index < -0.39 is 12.0 Å². The van der Waals surface area contributed by atoms with Gasteiger partial charge in [0, 0.05) is 17.3 Å². The number of tetrazole rings is 1. The molecular weight excluding hydrogens is 590 g/mol. The Hall–Kier alpha value is -4.68. The third-order valence-corrected chi connectivity index (χ3v) is 7.03. The van der Waals surface area contributed by atoms with Gasteiger partial charge in [0.25, 0.3) is 5.91 Å². The van der Waals surface area contributed by atoms with E-state index in [0.717, 1.165) is 12.0 Å². The summed E-state index contributed by atoms with van der Waals surface area (Å²) in [6.07, 6.45) is 0.160. The second kappa shape index (κ2) is 14.7. The number of phenols is 1. The normalized spacial score (nSPS) is 11.6. The summed E-state index contributed by atoms with van der Waals surface area (Å²) in [7, 11) is 1.58. The summed E-state index contributed by atoms with van der Waals surface area (Å²) in [4.78, 5) is 24.9. The summed E-state index contributed by atoms with van der Waals surface area (Å²) < 4.78 is 18.1. The number of aromatic hydroxyl groups is 1. The van der Waals surface area contributed by atoms with Gasteiger partial charge in [-0.15, -0.1) is 5.10 Å². The van der Waals surface area contributed by atoms with Gasteiger partial charge in [-0.3, -0.25) is 9.59 Å². The van der Waals surface area contributed by atoms with Crippen molar-refractivity contribution >= 4 is 29.0 Å². The molecule has 0 saturated heterocycles. The molecule has 12 nitrogen and oxygen atoms in total. The molecule has 0 fully saturated rings. The van der Waals surface area contributed by atoms with Crippen LogP contribution in [0.3, 0.4) is 0 Å². The minimum Gasteiger partial charge on any atom is -0.507 e. The van der Waals surface area contributed by atoms with Crippen molar-refractivity contribution in [2.45, 2.75) is 46.3 Å². The Labute approximate surface area is 259 Å². The molecule has 1 heterocycles. The SMILES string of the molecule is CCCc1c(OCC(O)COc2cc(NC(=O)c3nnnn3Cc3ccc(OC)cc3)c(C)cc2Cl)ccc(C(C)=O)c1O. The number of aryl methyl sites for hydroxylation is 1. The number of aromatic nitrogens is 4. The van der Waals surface area contributed by atoms with E-state index in [0.29, 0.717) is 34.7 Å². The summed E-state index contributed by atoms with van der Waals surface area (Å²) >= 11 is 6.39. The van der Waals surface area contributed by atoms with E-state index in [1.807, 2.05) is 31.2 Å². The van der Waals surface area contributed by atoms with Crippen molar-refractivity contribution in [3.63, 3.8) is 0 Å². The Kier molecular flexibility index (Phi) is 10.7. The Bertz CT molecular complexity index is 1620. The molecule has 0 radical (unpaired) electrons. The van der Waals surface area contributed by atoms with Gasteiger partial charge in [0.05, 0.1) is 24.2 Å². The highest BCUT2D eigenvalue weighted by Crippen LogP contribution is 2.34. The first-order chi connectivity index (χ1) is 21.1. The fourth-order valence-electron chi connectivity index (χ4n) is 4.40. The van der Waals surface area contributed by atoms with Crippen LogP contribution in [0.15, 0.2) is 48.5 Å². The molecule has 1 amide bonds. The molecule has 0 bridgehead atoms. The van der Waals surface area contributed by atoms with Crippen LogP contribution in [0.25, 0.3) is 0 Å². The highest BCUT2D eigenvalue weighted by Gasteiger charge is 2.20. The van der Waals surface area contributed by atoms with E-state index >= 15 is 0 Å². The van der Waals surface area contributed by atoms with Crippen molar-refractivity contribution in [1.82, 2.24) is 20.2 Å². The van der Waals surface area contributed by atoms with Crippen molar-refractivity contribution in [1.29, 1.82) is 0 Å². The van der Waals surface area contributed by atoms with Gasteiger partial charge < -0.3 is 29.7 Å². The highest BCUT2D eigenvalue weighted by atomic mass is 35.5. The smallest absolute Gasteiger partial charge is 0.295 e. The molecule has 232 valence electrons. The molecular formula is C31H34ClN5O7. The number of phenolic OH excluding ortho intramolecular Hbond substituents is 1. The van der Waals surface area contributed by atoms with Crippen molar-refractivity contribution in [3.05, 3.63) is 81.6 Å². The number of halogens is 1. The van der Waals surface area contributed by atoms with Gasteiger partial charge >= 0.3 is 0 Å². The Balaban J connectivity index is 1.39. The molecule has 4 aromatic rings. The minimum atomic E-state index is -1.06. The number of benzene rings is 3. The minimum absolute atomic E-state index is 0.00928. The number of Topliss-reactive ketones (excluding diaryl/α,β-unsaturated/α-hetero) is 1. The quantitative estimate of drug-likeness (QED) is 0.169. The number of hydrogen-bond donors (Lipinski definition) is 3. The topological polar surface area (TPSA) is 158 Å². The third kappa shape index (κ3) is 7.82. The Morgan fingerprint density at radius 3 is 2.43 bits per heavy atom. The molecule has 44 heavy (non-hydrogen) atoms. The molecule has 3 aromatic carbocycles. The van der Waals surface area contributed by atoms with E-state index in [9.17, 15) is 19.8 Å². The van der Waals surface area contributed by atoms with Crippen LogP contribution in [0.5, 0.6) is 23.0 Å². The zero-order valence-electron chi connectivity index (χ0n) is 24.8. The summed E-state index contributed by atoms with van der Waals surface area (Å²) in [5.41, 5.74) is 2.69. The number of rotatable bonds is 14. The molecule has 4 rings (SSSR count). The van der Waals surface area contributed by atoms with Crippen molar-refractivity contribution in [2.24, 2.45) is 0 Å². The van der Waals surface area contributed by atoms with Crippen molar-refractivity contribution in [2.75, 3.05) is 25.6 Å². The number of anilines is 1. The van der Waals surface area contributed by atoms with E-state index in [-0.39, 0.29) is 53.5 Å². The fourth-order valence-corrected chi connectivity index (χ4v) is 4.68. The predicted octanol–water partition coefficient (Wildman–Crippen LogP) is 4.62. The largest absolute Gasteiger partial charge is 0.507 e. The lowest BCUT2D eigenvalue weighted by atomic mass is 10.0. The zero-order chi connectivity index (χ0) is 31.8. The van der Waals surface area contributed by atoms with Crippen molar-refractivity contribution < 1.29 is 34.0 Å².